The molecule has 0 radical (unpaired) electrons. The van der Waals surface area contributed by atoms with Crippen LogP contribution in [0.25, 0.3) is 0 Å². The van der Waals surface area contributed by atoms with E-state index in [4.69, 9.17) is 4.74 Å². The third-order valence-corrected chi connectivity index (χ3v) is 5.83. The quantitative estimate of drug-likeness (QED) is 0.448. The Hall–Kier alpha value is -1.53. The van der Waals surface area contributed by atoms with Gasteiger partial charge in [-0.25, -0.2) is 4.39 Å². The number of carbonyl (C=O) groups excluding carboxylic acids is 1. The molecule has 2 aromatic carbocycles. The van der Waals surface area contributed by atoms with Crippen molar-refractivity contribution in [3.05, 3.63) is 57.8 Å². The lowest BCUT2D eigenvalue weighted by atomic mass is 10.1. The number of carbonyl (C=O) groups is 1. The fourth-order valence-electron chi connectivity index (χ4n) is 2.94. The van der Waals surface area contributed by atoms with Gasteiger partial charge in [0.05, 0.1) is 6.61 Å². The highest BCUT2D eigenvalue weighted by atomic mass is 79.9. The number of amides is 1. The molecule has 0 aliphatic carbocycles. The molecule has 2 aromatic rings. The van der Waals surface area contributed by atoms with Crippen molar-refractivity contribution in [1.29, 1.82) is 0 Å². The van der Waals surface area contributed by atoms with E-state index in [9.17, 15) is 9.18 Å². The predicted molar refractivity (Wildman–Crippen MR) is 106 cm³/mol. The van der Waals surface area contributed by atoms with E-state index in [0.717, 1.165) is 39.3 Å². The lowest BCUT2D eigenvalue weighted by Gasteiger charge is -2.19. The normalized spacial score (nSPS) is 12.6. The van der Waals surface area contributed by atoms with E-state index in [-0.39, 0.29) is 11.7 Å². The van der Waals surface area contributed by atoms with Gasteiger partial charge < -0.3 is 9.64 Å². The number of ether oxygens (including phenoxy) is 1. The van der Waals surface area contributed by atoms with Gasteiger partial charge in [-0.05, 0) is 54.1 Å². The summed E-state index contributed by atoms with van der Waals surface area (Å²) in [6, 6.07) is 10.6. The third-order valence-electron chi connectivity index (χ3n) is 4.28. The zero-order valence-electron chi connectivity index (χ0n) is 14.6. The summed E-state index contributed by atoms with van der Waals surface area (Å²) < 4.78 is 19.6. The highest BCUT2D eigenvalue weighted by molar-refractivity contribution is 9.10. The molecule has 3 rings (SSSR count). The van der Waals surface area contributed by atoms with Crippen LogP contribution >= 0.6 is 27.7 Å². The Morgan fingerprint density at radius 1 is 1.31 bits per heavy atom. The summed E-state index contributed by atoms with van der Waals surface area (Å²) >= 11 is 5.18. The number of hydrogen-bond acceptors (Lipinski definition) is 3. The first-order valence-corrected chi connectivity index (χ1v) is 10.4. The predicted octanol–water partition coefficient (Wildman–Crippen LogP) is 5.05. The van der Waals surface area contributed by atoms with Crippen molar-refractivity contribution in [1.82, 2.24) is 4.90 Å². The molecule has 26 heavy (non-hydrogen) atoms. The molecule has 0 atom stereocenters. The molecule has 0 spiro atoms. The average Bonchev–Trinajstić information content (AvgIpc) is 3.08. The van der Waals surface area contributed by atoms with Gasteiger partial charge in [0.25, 0.3) is 0 Å². The zero-order chi connectivity index (χ0) is 18.5. The molecule has 0 unspecified atom stereocenters. The third kappa shape index (κ3) is 5.01. The van der Waals surface area contributed by atoms with Crippen molar-refractivity contribution in [2.75, 3.05) is 19.4 Å². The first-order valence-electron chi connectivity index (χ1n) is 8.59. The smallest absolute Gasteiger partial charge is 0.222 e. The van der Waals surface area contributed by atoms with Crippen LogP contribution in [0.4, 0.5) is 4.39 Å². The number of nitrogens with zero attached hydrogens (tertiary/aromatic N) is 1. The molecule has 0 aromatic heterocycles. The Morgan fingerprint density at radius 3 is 2.85 bits per heavy atom. The number of rotatable bonds is 7. The van der Waals surface area contributed by atoms with E-state index in [0.29, 0.717) is 19.6 Å². The van der Waals surface area contributed by atoms with Crippen molar-refractivity contribution in [2.45, 2.75) is 30.7 Å². The van der Waals surface area contributed by atoms with Crippen LogP contribution in [0.2, 0.25) is 0 Å². The van der Waals surface area contributed by atoms with Gasteiger partial charge in [0, 0.05) is 41.4 Å². The Bertz CT molecular complexity index is 782. The van der Waals surface area contributed by atoms with Crippen molar-refractivity contribution in [3.8, 4) is 5.75 Å². The van der Waals surface area contributed by atoms with Crippen molar-refractivity contribution in [2.24, 2.45) is 0 Å². The minimum atomic E-state index is -0.228. The number of halogens is 2. The standard InChI is InChI=1S/C20H21BrFNO2S/c1-23(13-15-12-16(21)11-14-8-9-25-20(14)15)19(24)3-2-10-26-18-6-4-17(22)5-7-18/h4-7,11-12H,2-3,8-10,13H2,1H3. The van der Waals surface area contributed by atoms with Crippen molar-refractivity contribution in [3.63, 3.8) is 0 Å². The van der Waals surface area contributed by atoms with E-state index in [1.807, 2.05) is 13.1 Å². The molecule has 3 nitrogen and oxygen atoms in total. The number of hydrogen-bond donors (Lipinski definition) is 0. The minimum Gasteiger partial charge on any atom is -0.493 e. The van der Waals surface area contributed by atoms with Gasteiger partial charge in [-0.1, -0.05) is 15.9 Å². The molecule has 1 amide bonds. The molecule has 0 bridgehead atoms. The highest BCUT2D eigenvalue weighted by Gasteiger charge is 2.19. The Kier molecular flexibility index (Phi) is 6.59. The fraction of sp³-hybridized carbons (Fsp3) is 0.350. The summed E-state index contributed by atoms with van der Waals surface area (Å²) in [5.41, 5.74) is 2.24. The number of fused-ring (bicyclic) bond motifs is 1. The second-order valence-electron chi connectivity index (χ2n) is 6.31. The van der Waals surface area contributed by atoms with Crippen LogP contribution in [0, 0.1) is 5.82 Å². The first-order chi connectivity index (χ1) is 12.5. The zero-order valence-corrected chi connectivity index (χ0v) is 17.0. The van der Waals surface area contributed by atoms with Crippen LogP contribution < -0.4 is 4.74 Å². The van der Waals surface area contributed by atoms with Crippen molar-refractivity contribution < 1.29 is 13.9 Å². The van der Waals surface area contributed by atoms with Crippen LogP contribution in [0.3, 0.4) is 0 Å². The number of benzene rings is 2. The molecule has 0 fully saturated rings. The molecular formula is C20H21BrFNO2S. The molecule has 138 valence electrons. The first kappa shape index (κ1) is 19.2. The van der Waals surface area contributed by atoms with Gasteiger partial charge in [-0.15, -0.1) is 11.8 Å². The summed E-state index contributed by atoms with van der Waals surface area (Å²) in [4.78, 5) is 15.2. The second kappa shape index (κ2) is 8.91. The minimum absolute atomic E-state index is 0.122. The maximum absolute atomic E-state index is 12.9. The molecule has 0 N–H and O–H groups in total. The molecular weight excluding hydrogens is 417 g/mol. The van der Waals surface area contributed by atoms with E-state index in [1.54, 1.807) is 28.8 Å². The van der Waals surface area contributed by atoms with Gasteiger partial charge >= 0.3 is 0 Å². The number of thioether (sulfide) groups is 1. The van der Waals surface area contributed by atoms with Gasteiger partial charge in [-0.2, -0.15) is 0 Å². The Balaban J connectivity index is 1.47. The maximum atomic E-state index is 12.9. The fourth-order valence-corrected chi connectivity index (χ4v) is 4.35. The van der Waals surface area contributed by atoms with Crippen molar-refractivity contribution >= 4 is 33.6 Å². The molecule has 1 aliphatic heterocycles. The van der Waals surface area contributed by atoms with E-state index in [1.165, 1.54) is 17.7 Å². The SMILES string of the molecule is CN(Cc1cc(Br)cc2c1OCC2)C(=O)CCCSc1ccc(F)cc1. The lowest BCUT2D eigenvalue weighted by Crippen LogP contribution is -2.26. The summed E-state index contributed by atoms with van der Waals surface area (Å²) in [6.45, 7) is 1.25. The molecule has 1 aliphatic rings. The molecule has 1 heterocycles. The summed E-state index contributed by atoms with van der Waals surface area (Å²) in [6.07, 6.45) is 2.21. The monoisotopic (exact) mass is 437 g/mol. The van der Waals surface area contributed by atoms with Gasteiger partial charge in [0.15, 0.2) is 0 Å². The van der Waals surface area contributed by atoms with E-state index in [2.05, 4.69) is 22.0 Å². The molecule has 6 heteroatoms. The summed E-state index contributed by atoms with van der Waals surface area (Å²) in [5, 5.41) is 0. The van der Waals surface area contributed by atoms with Gasteiger partial charge in [0.1, 0.15) is 11.6 Å². The van der Waals surface area contributed by atoms with Crippen LogP contribution in [-0.2, 0) is 17.8 Å². The lowest BCUT2D eigenvalue weighted by molar-refractivity contribution is -0.130. The Labute approximate surface area is 166 Å². The van der Waals surface area contributed by atoms with Crippen LogP contribution in [0.5, 0.6) is 5.75 Å². The summed E-state index contributed by atoms with van der Waals surface area (Å²) in [7, 11) is 1.83. The summed E-state index contributed by atoms with van der Waals surface area (Å²) in [5.74, 6) is 1.66. The highest BCUT2D eigenvalue weighted by Crippen LogP contribution is 2.33. The van der Waals surface area contributed by atoms with Crippen LogP contribution in [0.15, 0.2) is 45.8 Å². The Morgan fingerprint density at radius 2 is 2.08 bits per heavy atom. The molecule has 0 saturated heterocycles. The van der Waals surface area contributed by atoms with Crippen LogP contribution in [0.1, 0.15) is 24.0 Å². The van der Waals surface area contributed by atoms with E-state index >= 15 is 0 Å². The van der Waals surface area contributed by atoms with Crippen LogP contribution in [-0.4, -0.2) is 30.2 Å². The largest absolute Gasteiger partial charge is 0.493 e. The second-order valence-corrected chi connectivity index (χ2v) is 8.39. The van der Waals surface area contributed by atoms with E-state index < -0.39 is 0 Å². The maximum Gasteiger partial charge on any atom is 0.222 e. The molecule has 0 saturated carbocycles. The average molecular weight is 438 g/mol. The topological polar surface area (TPSA) is 29.5 Å². The van der Waals surface area contributed by atoms with Gasteiger partial charge in [0.2, 0.25) is 5.91 Å². The van der Waals surface area contributed by atoms with Gasteiger partial charge in [-0.3, -0.25) is 4.79 Å².